The van der Waals surface area contributed by atoms with E-state index >= 15 is 0 Å². The van der Waals surface area contributed by atoms with Gasteiger partial charge in [-0.15, -0.1) is 0 Å². The number of nitrogens with two attached hydrogens (primary N) is 2. The predicted molar refractivity (Wildman–Crippen MR) is 155 cm³/mol. The quantitative estimate of drug-likeness (QED) is 0.118. The summed E-state index contributed by atoms with van der Waals surface area (Å²) in [5.41, 5.74) is 11.5. The highest BCUT2D eigenvalue weighted by atomic mass is 16.5. The maximum atomic E-state index is 12.9. The van der Waals surface area contributed by atoms with Crippen molar-refractivity contribution in [2.75, 3.05) is 57.7 Å². The molecule has 13 heteroatoms. The Morgan fingerprint density at radius 1 is 1.12 bits per heavy atom. The van der Waals surface area contributed by atoms with E-state index < -0.39 is 0 Å². The molecule has 1 saturated carbocycles. The lowest BCUT2D eigenvalue weighted by Crippen LogP contribution is -2.46. The standard InChI is InChI=1S/C27H40N10O3/c28-26(29)33-9-1-8-31-19-3-5-20(6-4-19)37-17-23-24(35-27(37)39)34-21-16-18(2-7-22(21)40-23)25(38)32-12-15-36-13-10-30-11-14-36/h2,7,16-17,19-20,30-31H,1,3-6,8-15H2,(H,32,38)(H4,28,29,33)(H,34,35,39). The molecule has 2 fully saturated rings. The highest BCUT2D eigenvalue weighted by Crippen LogP contribution is 2.41. The minimum Gasteiger partial charge on any atom is -0.450 e. The first-order valence-electron chi connectivity index (χ1n) is 14.2. The van der Waals surface area contributed by atoms with E-state index in [4.69, 9.17) is 16.2 Å². The van der Waals surface area contributed by atoms with Gasteiger partial charge in [0.2, 0.25) is 0 Å². The van der Waals surface area contributed by atoms with Crippen LogP contribution in [-0.4, -0.2) is 84.7 Å². The van der Waals surface area contributed by atoms with Crippen LogP contribution in [-0.2, 0) is 0 Å². The molecule has 3 aliphatic rings. The van der Waals surface area contributed by atoms with Gasteiger partial charge in [-0.1, -0.05) is 0 Å². The SMILES string of the molecule is NC(N)=NCCCNC1CCC(n2cc3c(nc2=O)Nc2cc(C(=O)NCCN4CCNCC4)ccc2O3)CC1. The topological polar surface area (TPSA) is 177 Å². The van der Waals surface area contributed by atoms with Gasteiger partial charge in [0.15, 0.2) is 23.3 Å². The van der Waals surface area contributed by atoms with Crippen molar-refractivity contribution in [2.24, 2.45) is 16.5 Å². The van der Waals surface area contributed by atoms with E-state index in [1.165, 1.54) is 0 Å². The molecule has 0 bridgehead atoms. The number of fused-ring (bicyclic) bond motifs is 2. The zero-order chi connectivity index (χ0) is 27.9. The summed E-state index contributed by atoms with van der Waals surface area (Å²) in [6.07, 6.45) is 6.33. The van der Waals surface area contributed by atoms with Gasteiger partial charge in [-0.25, -0.2) is 4.79 Å². The smallest absolute Gasteiger partial charge is 0.350 e. The van der Waals surface area contributed by atoms with Crippen LogP contribution in [0, 0.1) is 0 Å². The fraction of sp³-hybridized carbons (Fsp3) is 0.556. The summed E-state index contributed by atoms with van der Waals surface area (Å²) >= 11 is 0. The average Bonchev–Trinajstić information content (AvgIpc) is 2.96. The molecule has 1 aromatic carbocycles. The molecule has 2 aliphatic heterocycles. The van der Waals surface area contributed by atoms with Crippen molar-refractivity contribution in [1.82, 2.24) is 30.4 Å². The molecule has 0 unspecified atom stereocenters. The summed E-state index contributed by atoms with van der Waals surface area (Å²) in [6, 6.07) is 5.74. The van der Waals surface area contributed by atoms with Gasteiger partial charge in [-0.2, -0.15) is 4.98 Å². The normalized spacial score (nSPS) is 20.4. The van der Waals surface area contributed by atoms with Crippen molar-refractivity contribution in [1.29, 1.82) is 0 Å². The Labute approximate surface area is 233 Å². The third-order valence-electron chi connectivity index (χ3n) is 7.71. The highest BCUT2D eigenvalue weighted by molar-refractivity contribution is 5.96. The maximum Gasteiger partial charge on any atom is 0.350 e. The first kappa shape index (κ1) is 27.9. The Morgan fingerprint density at radius 3 is 2.70 bits per heavy atom. The Bertz CT molecular complexity index is 1260. The average molecular weight is 553 g/mol. The molecule has 1 saturated heterocycles. The molecule has 5 rings (SSSR count). The number of rotatable bonds is 10. The molecule has 0 radical (unpaired) electrons. The lowest BCUT2D eigenvalue weighted by molar-refractivity contribution is 0.0947. The van der Waals surface area contributed by atoms with E-state index in [0.717, 1.165) is 71.4 Å². The second-order valence-corrected chi connectivity index (χ2v) is 10.5. The Morgan fingerprint density at radius 2 is 1.93 bits per heavy atom. The number of amides is 1. The maximum absolute atomic E-state index is 12.9. The van der Waals surface area contributed by atoms with Crippen LogP contribution in [0.3, 0.4) is 0 Å². The van der Waals surface area contributed by atoms with Gasteiger partial charge in [0, 0.05) is 63.5 Å². The second kappa shape index (κ2) is 13.1. The third-order valence-corrected chi connectivity index (χ3v) is 7.71. The van der Waals surface area contributed by atoms with Crippen LogP contribution in [0.5, 0.6) is 11.5 Å². The summed E-state index contributed by atoms with van der Waals surface area (Å²) in [5.74, 6) is 1.43. The number of aliphatic imine (C=N–C) groups is 1. The number of aromatic nitrogens is 2. The van der Waals surface area contributed by atoms with Crippen LogP contribution < -0.4 is 43.2 Å². The number of hydrogen-bond donors (Lipinski definition) is 6. The molecule has 1 aromatic heterocycles. The fourth-order valence-electron chi connectivity index (χ4n) is 5.50. The van der Waals surface area contributed by atoms with Crippen LogP contribution in [0.15, 0.2) is 34.2 Å². The molecule has 1 amide bonds. The summed E-state index contributed by atoms with van der Waals surface area (Å²) in [7, 11) is 0. The van der Waals surface area contributed by atoms with Gasteiger partial charge in [0.25, 0.3) is 5.91 Å². The van der Waals surface area contributed by atoms with E-state index in [2.05, 4.69) is 36.1 Å². The molecule has 2 aromatic rings. The third kappa shape index (κ3) is 7.09. The van der Waals surface area contributed by atoms with Crippen molar-refractivity contribution in [3.05, 3.63) is 40.4 Å². The van der Waals surface area contributed by atoms with Gasteiger partial charge >= 0.3 is 5.69 Å². The molecule has 3 heterocycles. The Balaban J connectivity index is 1.14. The van der Waals surface area contributed by atoms with E-state index in [1.54, 1.807) is 29.0 Å². The molecular weight excluding hydrogens is 512 g/mol. The number of ether oxygens (including phenoxy) is 1. The Kier molecular flexibility index (Phi) is 9.14. The number of anilines is 2. The number of nitrogens with one attached hydrogen (secondary N) is 4. The van der Waals surface area contributed by atoms with Crippen molar-refractivity contribution in [2.45, 2.75) is 44.2 Å². The zero-order valence-corrected chi connectivity index (χ0v) is 22.8. The monoisotopic (exact) mass is 552 g/mol. The number of piperazine rings is 1. The highest BCUT2D eigenvalue weighted by Gasteiger charge is 2.26. The van der Waals surface area contributed by atoms with Crippen LogP contribution in [0.1, 0.15) is 48.5 Å². The van der Waals surface area contributed by atoms with Crippen molar-refractivity contribution in [3.63, 3.8) is 0 Å². The number of carbonyl (C=O) groups is 1. The predicted octanol–water partition coefficient (Wildman–Crippen LogP) is 0.464. The van der Waals surface area contributed by atoms with E-state index in [1.807, 2.05) is 0 Å². The number of carbonyl (C=O) groups excluding carboxylic acids is 1. The number of benzene rings is 1. The fourth-order valence-corrected chi connectivity index (χ4v) is 5.50. The van der Waals surface area contributed by atoms with E-state index in [-0.39, 0.29) is 23.6 Å². The molecule has 40 heavy (non-hydrogen) atoms. The summed E-state index contributed by atoms with van der Waals surface area (Å²) in [4.78, 5) is 36.3. The van der Waals surface area contributed by atoms with Crippen LogP contribution in [0.2, 0.25) is 0 Å². The minimum atomic E-state index is -0.311. The molecular formula is C27H40N10O3. The van der Waals surface area contributed by atoms with E-state index in [9.17, 15) is 9.59 Å². The van der Waals surface area contributed by atoms with E-state index in [0.29, 0.717) is 47.7 Å². The number of nitrogens with zero attached hydrogens (tertiary/aromatic N) is 4. The van der Waals surface area contributed by atoms with Crippen molar-refractivity contribution < 1.29 is 9.53 Å². The van der Waals surface area contributed by atoms with Gasteiger partial charge in [-0.05, 0) is 56.8 Å². The molecule has 1 aliphatic carbocycles. The molecule has 0 spiro atoms. The molecule has 216 valence electrons. The van der Waals surface area contributed by atoms with Gasteiger partial charge in [0.05, 0.1) is 11.9 Å². The first-order valence-corrected chi connectivity index (χ1v) is 14.2. The lowest BCUT2D eigenvalue weighted by Gasteiger charge is -2.31. The lowest BCUT2D eigenvalue weighted by atomic mass is 9.91. The molecule has 0 atom stereocenters. The van der Waals surface area contributed by atoms with Crippen molar-refractivity contribution >= 4 is 23.4 Å². The number of hydrogen-bond acceptors (Lipinski definition) is 9. The molecule has 13 nitrogen and oxygen atoms in total. The van der Waals surface area contributed by atoms with Crippen LogP contribution in [0.25, 0.3) is 0 Å². The number of guanidine groups is 1. The van der Waals surface area contributed by atoms with Crippen LogP contribution >= 0.6 is 0 Å². The second-order valence-electron chi connectivity index (χ2n) is 10.5. The largest absolute Gasteiger partial charge is 0.450 e. The van der Waals surface area contributed by atoms with Gasteiger partial charge < -0.3 is 37.5 Å². The van der Waals surface area contributed by atoms with Crippen LogP contribution in [0.4, 0.5) is 11.5 Å². The molecule has 8 N–H and O–H groups in total. The summed E-state index contributed by atoms with van der Waals surface area (Å²) < 4.78 is 7.80. The van der Waals surface area contributed by atoms with Gasteiger partial charge in [0.1, 0.15) is 0 Å². The summed E-state index contributed by atoms with van der Waals surface area (Å²) in [5, 5.41) is 13.1. The van der Waals surface area contributed by atoms with Crippen molar-refractivity contribution in [3.8, 4) is 11.5 Å². The van der Waals surface area contributed by atoms with Gasteiger partial charge in [-0.3, -0.25) is 19.3 Å². The first-order chi connectivity index (χ1) is 19.5. The minimum absolute atomic E-state index is 0.0715. The zero-order valence-electron chi connectivity index (χ0n) is 22.8. The Hall–Kier alpha value is -3.68. The summed E-state index contributed by atoms with van der Waals surface area (Å²) in [6.45, 7) is 6.81.